The smallest absolute Gasteiger partial charge is 0.273 e. The second-order valence-electron chi connectivity index (χ2n) is 8.45. The van der Waals surface area contributed by atoms with Gasteiger partial charge < -0.3 is 20.1 Å². The van der Waals surface area contributed by atoms with Gasteiger partial charge in [0.05, 0.1) is 23.5 Å². The molecule has 1 aromatic heterocycles. The predicted octanol–water partition coefficient (Wildman–Crippen LogP) is 2.83. The first-order valence-corrected chi connectivity index (χ1v) is 10.7. The average molecular weight is 426 g/mol. The van der Waals surface area contributed by atoms with E-state index < -0.39 is 0 Å². The summed E-state index contributed by atoms with van der Waals surface area (Å²) in [6, 6.07) is 7.10. The number of amides is 2. The number of aromatic nitrogens is 2. The standard InChI is InChI=1S/C22H24ClN5O2/c23-16-4-1-2-5-17(16)26-21(30)18-13-24-19-14-27(8-9-28(18)19)20(29)6-3-7-25-22-10-15(11-22)12-22/h1-6,13,15,25H,7-12,14H2,(H,26,30)/b6-3+. The summed E-state index contributed by atoms with van der Waals surface area (Å²) in [5, 5.41) is 6.86. The van der Waals surface area contributed by atoms with Crippen LogP contribution in [0.2, 0.25) is 5.02 Å². The Labute approximate surface area is 180 Å². The third-order valence-corrected chi connectivity index (χ3v) is 6.75. The summed E-state index contributed by atoms with van der Waals surface area (Å²) >= 11 is 6.13. The van der Waals surface area contributed by atoms with Crippen molar-refractivity contribution in [2.24, 2.45) is 5.92 Å². The van der Waals surface area contributed by atoms with Gasteiger partial charge in [-0.1, -0.05) is 29.8 Å². The second-order valence-corrected chi connectivity index (χ2v) is 8.85. The molecular weight excluding hydrogens is 402 g/mol. The number of nitrogens with zero attached hydrogens (tertiary/aromatic N) is 3. The van der Waals surface area contributed by atoms with Crippen molar-refractivity contribution in [1.82, 2.24) is 19.8 Å². The summed E-state index contributed by atoms with van der Waals surface area (Å²) in [5.74, 6) is 1.36. The van der Waals surface area contributed by atoms with Crippen molar-refractivity contribution < 1.29 is 9.59 Å². The summed E-state index contributed by atoms with van der Waals surface area (Å²) in [6.45, 7) is 2.19. The number of benzene rings is 1. The summed E-state index contributed by atoms with van der Waals surface area (Å²) in [4.78, 5) is 31.3. The zero-order valence-corrected chi connectivity index (χ0v) is 17.4. The number of rotatable bonds is 6. The van der Waals surface area contributed by atoms with E-state index in [1.807, 2.05) is 22.8 Å². The van der Waals surface area contributed by atoms with Crippen molar-refractivity contribution >= 4 is 29.1 Å². The molecular formula is C22H24ClN5O2. The molecule has 1 aliphatic heterocycles. The van der Waals surface area contributed by atoms with Crippen molar-refractivity contribution in [1.29, 1.82) is 0 Å². The van der Waals surface area contributed by atoms with Gasteiger partial charge in [0.1, 0.15) is 11.5 Å². The summed E-state index contributed by atoms with van der Waals surface area (Å²) in [6.07, 6.45) is 8.97. The number of nitrogens with one attached hydrogen (secondary N) is 2. The normalized spacial score (nSPS) is 24.2. The molecule has 8 heteroatoms. The van der Waals surface area contributed by atoms with Crippen LogP contribution in [0.5, 0.6) is 0 Å². The number of fused-ring (bicyclic) bond motifs is 1. The van der Waals surface area contributed by atoms with Crippen molar-refractivity contribution in [2.75, 3.05) is 18.4 Å². The minimum Gasteiger partial charge on any atom is -0.330 e. The van der Waals surface area contributed by atoms with Gasteiger partial charge in [0.25, 0.3) is 5.91 Å². The van der Waals surface area contributed by atoms with E-state index in [0.717, 1.165) is 12.5 Å². The zero-order valence-electron chi connectivity index (χ0n) is 16.6. The number of carbonyl (C=O) groups excluding carboxylic acids is 2. The number of hydrogen-bond donors (Lipinski definition) is 2. The molecule has 1 aromatic carbocycles. The fraction of sp³-hybridized carbons (Fsp3) is 0.409. The molecule has 2 amide bonds. The van der Waals surface area contributed by atoms with E-state index >= 15 is 0 Å². The molecule has 0 radical (unpaired) electrons. The molecule has 4 aliphatic rings. The van der Waals surface area contributed by atoms with Crippen LogP contribution in [0.15, 0.2) is 42.6 Å². The van der Waals surface area contributed by atoms with Crippen LogP contribution in [0, 0.1) is 5.92 Å². The SMILES string of the molecule is O=C(Nc1ccccc1Cl)c1cnc2n1CCN(C(=O)/C=C/CNC13CC(C1)C3)C2. The zero-order chi connectivity index (χ0) is 20.7. The molecule has 3 aliphatic carbocycles. The topological polar surface area (TPSA) is 79.3 Å². The molecule has 0 saturated heterocycles. The van der Waals surface area contributed by atoms with Crippen LogP contribution in [-0.4, -0.2) is 44.9 Å². The van der Waals surface area contributed by atoms with E-state index in [4.69, 9.17) is 11.6 Å². The maximum Gasteiger partial charge on any atom is 0.273 e. The summed E-state index contributed by atoms with van der Waals surface area (Å²) in [7, 11) is 0. The number of anilines is 1. The van der Waals surface area contributed by atoms with Gasteiger partial charge in [-0.3, -0.25) is 9.59 Å². The Balaban J connectivity index is 1.18. The molecule has 156 valence electrons. The number of imidazole rings is 1. The molecule has 2 aromatic rings. The summed E-state index contributed by atoms with van der Waals surface area (Å²) < 4.78 is 1.87. The lowest BCUT2D eigenvalue weighted by Crippen LogP contribution is -2.66. The van der Waals surface area contributed by atoms with Crippen LogP contribution >= 0.6 is 11.6 Å². The van der Waals surface area contributed by atoms with E-state index in [1.54, 1.807) is 29.3 Å². The van der Waals surface area contributed by atoms with E-state index in [9.17, 15) is 9.59 Å². The Morgan fingerprint density at radius 3 is 2.77 bits per heavy atom. The maximum atomic E-state index is 12.7. The quantitative estimate of drug-likeness (QED) is 0.697. The highest BCUT2D eigenvalue weighted by atomic mass is 35.5. The average Bonchev–Trinajstić information content (AvgIpc) is 3.10. The minimum absolute atomic E-state index is 0.0225. The fourth-order valence-corrected chi connectivity index (χ4v) is 4.80. The Hall–Kier alpha value is -2.64. The highest BCUT2D eigenvalue weighted by Crippen LogP contribution is 2.56. The molecule has 3 saturated carbocycles. The maximum absolute atomic E-state index is 12.7. The van der Waals surface area contributed by atoms with Crippen LogP contribution in [0.1, 0.15) is 35.6 Å². The number of halogens is 1. The van der Waals surface area contributed by atoms with Crippen LogP contribution < -0.4 is 10.6 Å². The largest absolute Gasteiger partial charge is 0.330 e. The Morgan fingerprint density at radius 1 is 1.23 bits per heavy atom. The Morgan fingerprint density at radius 2 is 2.03 bits per heavy atom. The second kappa shape index (κ2) is 7.56. The van der Waals surface area contributed by atoms with Crippen molar-refractivity contribution in [3.05, 3.63) is 59.2 Å². The summed E-state index contributed by atoms with van der Waals surface area (Å²) in [5.41, 5.74) is 1.40. The van der Waals surface area contributed by atoms with Crippen LogP contribution in [-0.2, 0) is 17.9 Å². The van der Waals surface area contributed by atoms with Gasteiger partial charge in [-0.2, -0.15) is 0 Å². The first-order chi connectivity index (χ1) is 14.5. The number of para-hydroxylation sites is 1. The van der Waals surface area contributed by atoms with E-state index in [0.29, 0.717) is 47.4 Å². The van der Waals surface area contributed by atoms with E-state index in [-0.39, 0.29) is 11.8 Å². The van der Waals surface area contributed by atoms with Crippen molar-refractivity contribution in [2.45, 2.75) is 37.9 Å². The highest BCUT2D eigenvalue weighted by Gasteiger charge is 2.55. The third kappa shape index (κ3) is 3.52. The lowest BCUT2D eigenvalue weighted by Gasteiger charge is -2.62. The van der Waals surface area contributed by atoms with Crippen LogP contribution in [0.25, 0.3) is 0 Å². The molecule has 30 heavy (non-hydrogen) atoms. The molecule has 2 N–H and O–H groups in total. The van der Waals surface area contributed by atoms with Crippen molar-refractivity contribution in [3.8, 4) is 0 Å². The Kier molecular flexibility index (Phi) is 4.87. The first kappa shape index (κ1) is 19.3. The van der Waals surface area contributed by atoms with E-state index in [1.165, 1.54) is 19.3 Å². The Bertz CT molecular complexity index is 1010. The molecule has 0 atom stereocenters. The van der Waals surface area contributed by atoms with Crippen LogP contribution in [0.3, 0.4) is 0 Å². The molecule has 3 fully saturated rings. The van der Waals surface area contributed by atoms with Gasteiger partial charge in [-0.15, -0.1) is 0 Å². The molecule has 2 bridgehead atoms. The van der Waals surface area contributed by atoms with E-state index in [2.05, 4.69) is 15.6 Å². The number of carbonyl (C=O) groups is 2. The molecule has 6 rings (SSSR count). The van der Waals surface area contributed by atoms with Gasteiger partial charge in [0.2, 0.25) is 5.91 Å². The molecule has 2 heterocycles. The minimum atomic E-state index is -0.263. The lowest BCUT2D eigenvalue weighted by atomic mass is 9.50. The van der Waals surface area contributed by atoms with Gasteiger partial charge in [-0.05, 0) is 37.3 Å². The van der Waals surface area contributed by atoms with Crippen molar-refractivity contribution in [3.63, 3.8) is 0 Å². The third-order valence-electron chi connectivity index (χ3n) is 6.42. The van der Waals surface area contributed by atoms with Gasteiger partial charge in [0.15, 0.2) is 0 Å². The van der Waals surface area contributed by atoms with Gasteiger partial charge >= 0.3 is 0 Å². The predicted molar refractivity (Wildman–Crippen MR) is 114 cm³/mol. The first-order valence-electron chi connectivity index (χ1n) is 10.3. The number of hydrogen-bond acceptors (Lipinski definition) is 4. The van der Waals surface area contributed by atoms with Gasteiger partial charge in [0, 0.05) is 31.2 Å². The van der Waals surface area contributed by atoms with Crippen LogP contribution in [0.4, 0.5) is 5.69 Å². The molecule has 7 nitrogen and oxygen atoms in total. The monoisotopic (exact) mass is 425 g/mol. The highest BCUT2D eigenvalue weighted by molar-refractivity contribution is 6.33. The lowest BCUT2D eigenvalue weighted by molar-refractivity contribution is -0.127. The fourth-order valence-electron chi connectivity index (χ4n) is 4.61. The van der Waals surface area contributed by atoms with Gasteiger partial charge in [-0.25, -0.2) is 4.98 Å². The molecule has 0 unspecified atom stereocenters. The molecule has 0 spiro atoms.